The number of rotatable bonds is 6. The number of benzene rings is 1. The van der Waals surface area contributed by atoms with Crippen molar-refractivity contribution in [3.8, 4) is 5.75 Å². The SMILES string of the molecule is Cc1ccc(Cl)c(O[C@H](C)C(=O)NCCc2n[nH]c(C)n2)c1. The highest BCUT2D eigenvalue weighted by molar-refractivity contribution is 6.32. The Kier molecular flexibility index (Phi) is 5.38. The van der Waals surface area contributed by atoms with Crippen molar-refractivity contribution in [1.82, 2.24) is 20.5 Å². The second-order valence-corrected chi connectivity index (χ2v) is 5.48. The van der Waals surface area contributed by atoms with E-state index in [2.05, 4.69) is 20.5 Å². The Bertz CT molecular complexity index is 657. The minimum absolute atomic E-state index is 0.204. The van der Waals surface area contributed by atoms with Crippen LogP contribution in [0.4, 0.5) is 0 Å². The molecule has 6 nitrogen and oxygen atoms in total. The van der Waals surface area contributed by atoms with Gasteiger partial charge < -0.3 is 10.1 Å². The number of H-pyrrole nitrogens is 1. The molecule has 0 radical (unpaired) electrons. The molecule has 1 aromatic carbocycles. The molecule has 0 spiro atoms. The first kappa shape index (κ1) is 16.3. The van der Waals surface area contributed by atoms with Crippen molar-refractivity contribution >= 4 is 17.5 Å². The highest BCUT2D eigenvalue weighted by Crippen LogP contribution is 2.26. The molecule has 118 valence electrons. The van der Waals surface area contributed by atoms with E-state index < -0.39 is 6.10 Å². The Morgan fingerprint density at radius 1 is 1.45 bits per heavy atom. The van der Waals surface area contributed by atoms with Gasteiger partial charge in [0.15, 0.2) is 11.9 Å². The summed E-state index contributed by atoms with van der Waals surface area (Å²) in [7, 11) is 0. The van der Waals surface area contributed by atoms with Crippen molar-refractivity contribution in [2.24, 2.45) is 0 Å². The number of hydrogen-bond donors (Lipinski definition) is 2. The van der Waals surface area contributed by atoms with Crippen LogP contribution in [0.25, 0.3) is 0 Å². The molecule has 0 saturated heterocycles. The zero-order valence-electron chi connectivity index (χ0n) is 12.8. The zero-order valence-corrected chi connectivity index (χ0v) is 13.6. The summed E-state index contributed by atoms with van der Waals surface area (Å²) in [4.78, 5) is 16.2. The first-order valence-corrected chi connectivity index (χ1v) is 7.42. The van der Waals surface area contributed by atoms with Crippen LogP contribution in [0.1, 0.15) is 24.1 Å². The molecule has 7 heteroatoms. The minimum atomic E-state index is -0.631. The molecule has 2 aromatic rings. The van der Waals surface area contributed by atoms with Crippen LogP contribution in [0.15, 0.2) is 18.2 Å². The summed E-state index contributed by atoms with van der Waals surface area (Å²) in [5.41, 5.74) is 1.02. The number of nitrogens with zero attached hydrogens (tertiary/aromatic N) is 2. The van der Waals surface area contributed by atoms with Gasteiger partial charge in [0.2, 0.25) is 0 Å². The van der Waals surface area contributed by atoms with E-state index >= 15 is 0 Å². The van der Waals surface area contributed by atoms with Crippen LogP contribution in [0.5, 0.6) is 5.75 Å². The molecular formula is C15H19ClN4O2. The van der Waals surface area contributed by atoms with Gasteiger partial charge in [-0.25, -0.2) is 4.98 Å². The predicted molar refractivity (Wildman–Crippen MR) is 84.1 cm³/mol. The highest BCUT2D eigenvalue weighted by atomic mass is 35.5. The summed E-state index contributed by atoms with van der Waals surface area (Å²) in [5.74, 6) is 1.74. The lowest BCUT2D eigenvalue weighted by atomic mass is 10.2. The number of halogens is 1. The number of carbonyl (C=O) groups is 1. The third-order valence-corrected chi connectivity index (χ3v) is 3.36. The molecule has 1 atom stereocenters. The van der Waals surface area contributed by atoms with Crippen molar-refractivity contribution in [3.63, 3.8) is 0 Å². The first-order valence-electron chi connectivity index (χ1n) is 7.04. The maximum absolute atomic E-state index is 12.0. The number of aryl methyl sites for hydroxylation is 2. The van der Waals surface area contributed by atoms with E-state index in [4.69, 9.17) is 16.3 Å². The minimum Gasteiger partial charge on any atom is -0.479 e. The number of hydrogen-bond acceptors (Lipinski definition) is 4. The van der Waals surface area contributed by atoms with Crippen molar-refractivity contribution in [1.29, 1.82) is 0 Å². The molecule has 1 aromatic heterocycles. The molecule has 1 amide bonds. The van der Waals surface area contributed by atoms with E-state index in [1.54, 1.807) is 13.0 Å². The Morgan fingerprint density at radius 3 is 2.91 bits per heavy atom. The standard InChI is InChI=1S/C15H19ClN4O2/c1-9-4-5-12(16)13(8-9)22-10(2)15(21)17-7-6-14-18-11(3)19-20-14/h4-5,8,10H,6-7H2,1-3H3,(H,17,21)(H,18,19,20)/t10-/m1/s1. The van der Waals surface area contributed by atoms with E-state index in [-0.39, 0.29) is 5.91 Å². The van der Waals surface area contributed by atoms with Gasteiger partial charge in [-0.05, 0) is 38.5 Å². The number of carbonyl (C=O) groups excluding carboxylic acids is 1. The fourth-order valence-electron chi connectivity index (χ4n) is 1.89. The van der Waals surface area contributed by atoms with Crippen molar-refractivity contribution in [3.05, 3.63) is 40.4 Å². The molecule has 0 aliphatic carbocycles. The largest absolute Gasteiger partial charge is 0.479 e. The molecule has 0 bridgehead atoms. The van der Waals surface area contributed by atoms with Crippen molar-refractivity contribution in [2.75, 3.05) is 6.54 Å². The summed E-state index contributed by atoms with van der Waals surface area (Å²) >= 11 is 6.05. The number of aromatic amines is 1. The first-order chi connectivity index (χ1) is 10.5. The molecule has 0 aliphatic heterocycles. The van der Waals surface area contributed by atoms with Crippen molar-refractivity contribution < 1.29 is 9.53 Å². The van der Waals surface area contributed by atoms with Crippen LogP contribution in [0.2, 0.25) is 5.02 Å². The van der Waals surface area contributed by atoms with Crippen molar-refractivity contribution in [2.45, 2.75) is 33.3 Å². The molecular weight excluding hydrogens is 304 g/mol. The van der Waals surface area contributed by atoms with Crippen LogP contribution >= 0.6 is 11.6 Å². The summed E-state index contributed by atoms with van der Waals surface area (Å²) in [6, 6.07) is 5.45. The van der Waals surface area contributed by atoms with Gasteiger partial charge in [0, 0.05) is 13.0 Å². The predicted octanol–water partition coefficient (Wildman–Crippen LogP) is 2.20. The maximum Gasteiger partial charge on any atom is 0.260 e. The van der Waals surface area contributed by atoms with Crippen LogP contribution in [-0.4, -0.2) is 33.7 Å². The van der Waals surface area contributed by atoms with Crippen LogP contribution in [0, 0.1) is 13.8 Å². The third kappa shape index (κ3) is 4.46. The lowest BCUT2D eigenvalue weighted by molar-refractivity contribution is -0.127. The van der Waals surface area contributed by atoms with E-state index in [0.717, 1.165) is 11.4 Å². The monoisotopic (exact) mass is 322 g/mol. The molecule has 22 heavy (non-hydrogen) atoms. The second kappa shape index (κ2) is 7.26. The average molecular weight is 323 g/mol. The topological polar surface area (TPSA) is 79.9 Å². The summed E-state index contributed by atoms with van der Waals surface area (Å²) in [6.07, 6.45) is -0.0678. The normalized spacial score (nSPS) is 12.0. The molecule has 0 unspecified atom stereocenters. The molecule has 1 heterocycles. The lowest BCUT2D eigenvalue weighted by Crippen LogP contribution is -2.37. The van der Waals surface area contributed by atoms with Gasteiger partial charge in [0.1, 0.15) is 11.6 Å². The van der Waals surface area contributed by atoms with E-state index in [0.29, 0.717) is 29.6 Å². The van der Waals surface area contributed by atoms with Gasteiger partial charge in [-0.3, -0.25) is 9.89 Å². The fourth-order valence-corrected chi connectivity index (χ4v) is 2.05. The zero-order chi connectivity index (χ0) is 16.1. The van der Waals surface area contributed by atoms with Crippen LogP contribution in [-0.2, 0) is 11.2 Å². The molecule has 2 rings (SSSR count). The van der Waals surface area contributed by atoms with Crippen LogP contribution in [0.3, 0.4) is 0 Å². The van der Waals surface area contributed by atoms with Gasteiger partial charge in [-0.15, -0.1) is 0 Å². The summed E-state index contributed by atoms with van der Waals surface area (Å²) < 4.78 is 5.61. The third-order valence-electron chi connectivity index (χ3n) is 3.05. The van der Waals surface area contributed by atoms with E-state index in [9.17, 15) is 4.79 Å². The molecule has 2 N–H and O–H groups in total. The quantitative estimate of drug-likeness (QED) is 0.854. The molecule has 0 saturated carbocycles. The van der Waals surface area contributed by atoms with E-state index in [1.807, 2.05) is 26.0 Å². The Hall–Kier alpha value is -2.08. The maximum atomic E-state index is 12.0. The molecule has 0 fully saturated rings. The second-order valence-electron chi connectivity index (χ2n) is 5.07. The van der Waals surface area contributed by atoms with Gasteiger partial charge in [-0.2, -0.15) is 5.10 Å². The van der Waals surface area contributed by atoms with Gasteiger partial charge in [-0.1, -0.05) is 17.7 Å². The highest BCUT2D eigenvalue weighted by Gasteiger charge is 2.16. The molecule has 0 aliphatic rings. The lowest BCUT2D eigenvalue weighted by Gasteiger charge is -2.15. The summed E-state index contributed by atoms with van der Waals surface area (Å²) in [5, 5.41) is 10.1. The number of ether oxygens (including phenoxy) is 1. The average Bonchev–Trinajstić information content (AvgIpc) is 2.88. The Balaban J connectivity index is 1.82. The number of nitrogens with one attached hydrogen (secondary N) is 2. The van der Waals surface area contributed by atoms with Crippen LogP contribution < -0.4 is 10.1 Å². The number of aromatic nitrogens is 3. The van der Waals surface area contributed by atoms with Gasteiger partial charge in [0.25, 0.3) is 5.91 Å². The summed E-state index contributed by atoms with van der Waals surface area (Å²) in [6.45, 7) is 5.90. The van der Waals surface area contributed by atoms with Gasteiger partial charge >= 0.3 is 0 Å². The van der Waals surface area contributed by atoms with E-state index in [1.165, 1.54) is 0 Å². The number of amides is 1. The van der Waals surface area contributed by atoms with Gasteiger partial charge in [0.05, 0.1) is 5.02 Å². The fraction of sp³-hybridized carbons (Fsp3) is 0.400. The Labute approximate surface area is 134 Å². The smallest absolute Gasteiger partial charge is 0.260 e. The Morgan fingerprint density at radius 2 is 2.23 bits per heavy atom.